The number of nitrogen functional groups attached to an aromatic ring is 1. The first-order valence-corrected chi connectivity index (χ1v) is 7.58. The highest BCUT2D eigenvalue weighted by atomic mass is 32.1. The molecule has 1 aromatic carbocycles. The summed E-state index contributed by atoms with van der Waals surface area (Å²) < 4.78 is 5.36. The molecule has 6 heteroatoms. The van der Waals surface area contributed by atoms with Crippen LogP contribution in [-0.2, 0) is 0 Å². The second kappa shape index (κ2) is 6.58. The van der Waals surface area contributed by atoms with Gasteiger partial charge in [0.1, 0.15) is 10.8 Å². The number of aryl methyl sites for hydroxylation is 1. The molecule has 5 nitrogen and oxygen atoms in total. The molecule has 1 heterocycles. The van der Waals surface area contributed by atoms with E-state index >= 15 is 0 Å². The van der Waals surface area contributed by atoms with Crippen molar-refractivity contribution in [1.29, 1.82) is 0 Å². The van der Waals surface area contributed by atoms with Crippen molar-refractivity contribution in [3.63, 3.8) is 0 Å². The minimum absolute atomic E-state index is 0.135. The Morgan fingerprint density at radius 2 is 2.29 bits per heavy atom. The Bertz CT molecular complexity index is 640. The van der Waals surface area contributed by atoms with Gasteiger partial charge in [0, 0.05) is 16.6 Å². The van der Waals surface area contributed by atoms with E-state index in [1.54, 1.807) is 35.7 Å². The number of amides is 1. The molecular weight excluding hydrogens is 286 g/mol. The normalized spacial score (nSPS) is 12.0. The van der Waals surface area contributed by atoms with E-state index in [1.807, 2.05) is 20.8 Å². The molecule has 0 bridgehead atoms. The number of ether oxygens (including phenoxy) is 1. The molecule has 2 rings (SSSR count). The second-order valence-corrected chi connectivity index (χ2v) is 5.96. The fourth-order valence-electron chi connectivity index (χ4n) is 1.89. The van der Waals surface area contributed by atoms with Gasteiger partial charge in [-0.05, 0) is 39.0 Å². The van der Waals surface area contributed by atoms with Crippen LogP contribution in [0, 0.1) is 6.92 Å². The van der Waals surface area contributed by atoms with E-state index in [2.05, 4.69) is 10.3 Å². The van der Waals surface area contributed by atoms with Gasteiger partial charge in [-0.25, -0.2) is 4.98 Å². The highest BCUT2D eigenvalue weighted by Gasteiger charge is 2.15. The number of carbonyl (C=O) groups excluding carboxylic acids is 1. The number of anilines is 1. The van der Waals surface area contributed by atoms with Gasteiger partial charge in [-0.15, -0.1) is 11.3 Å². The Labute approximate surface area is 128 Å². The van der Waals surface area contributed by atoms with Gasteiger partial charge in [-0.2, -0.15) is 0 Å². The van der Waals surface area contributed by atoms with Crippen LogP contribution in [0.2, 0.25) is 0 Å². The Balaban J connectivity index is 2.08. The lowest BCUT2D eigenvalue weighted by molar-refractivity contribution is 0.0940. The molecule has 1 atom stereocenters. The smallest absolute Gasteiger partial charge is 0.251 e. The molecule has 3 N–H and O–H groups in total. The summed E-state index contributed by atoms with van der Waals surface area (Å²) in [5.74, 6) is 0.419. The van der Waals surface area contributed by atoms with E-state index in [1.165, 1.54) is 0 Å². The van der Waals surface area contributed by atoms with E-state index in [9.17, 15) is 4.79 Å². The molecule has 0 fully saturated rings. The lowest BCUT2D eigenvalue weighted by Gasteiger charge is -2.12. The molecule has 0 aliphatic rings. The van der Waals surface area contributed by atoms with Crippen LogP contribution in [0.3, 0.4) is 0 Å². The summed E-state index contributed by atoms with van der Waals surface area (Å²) in [6, 6.07) is 4.91. The van der Waals surface area contributed by atoms with Crippen molar-refractivity contribution in [2.24, 2.45) is 0 Å². The number of rotatable bonds is 5. The first-order valence-electron chi connectivity index (χ1n) is 6.76. The molecule has 112 valence electrons. The number of nitrogens with one attached hydrogen (secondary N) is 1. The maximum atomic E-state index is 12.2. The van der Waals surface area contributed by atoms with Gasteiger partial charge < -0.3 is 15.8 Å². The van der Waals surface area contributed by atoms with Gasteiger partial charge in [0.05, 0.1) is 18.3 Å². The number of nitrogens with zero attached hydrogens (tertiary/aromatic N) is 1. The van der Waals surface area contributed by atoms with E-state index in [4.69, 9.17) is 10.5 Å². The highest BCUT2D eigenvalue weighted by Crippen LogP contribution is 2.23. The molecule has 1 aromatic heterocycles. The van der Waals surface area contributed by atoms with Crippen molar-refractivity contribution in [3.05, 3.63) is 39.8 Å². The van der Waals surface area contributed by atoms with Crippen LogP contribution in [-0.4, -0.2) is 17.5 Å². The lowest BCUT2D eigenvalue weighted by atomic mass is 10.1. The van der Waals surface area contributed by atoms with Crippen molar-refractivity contribution in [2.45, 2.75) is 26.8 Å². The Morgan fingerprint density at radius 3 is 2.86 bits per heavy atom. The van der Waals surface area contributed by atoms with E-state index in [-0.39, 0.29) is 11.9 Å². The third kappa shape index (κ3) is 3.72. The average Bonchev–Trinajstić information content (AvgIpc) is 2.88. The zero-order valence-corrected chi connectivity index (χ0v) is 13.2. The number of aromatic nitrogens is 1. The summed E-state index contributed by atoms with van der Waals surface area (Å²) in [5, 5.41) is 3.81. The average molecular weight is 305 g/mol. The third-order valence-corrected chi connectivity index (χ3v) is 4.02. The molecule has 1 amide bonds. The van der Waals surface area contributed by atoms with Gasteiger partial charge in [-0.1, -0.05) is 0 Å². The molecule has 2 aromatic rings. The minimum atomic E-state index is -0.176. The van der Waals surface area contributed by atoms with E-state index in [0.29, 0.717) is 23.6 Å². The lowest BCUT2D eigenvalue weighted by Crippen LogP contribution is -2.26. The van der Waals surface area contributed by atoms with Crippen molar-refractivity contribution in [2.75, 3.05) is 12.3 Å². The summed E-state index contributed by atoms with van der Waals surface area (Å²) in [4.78, 5) is 17.6. The van der Waals surface area contributed by atoms with Gasteiger partial charge >= 0.3 is 0 Å². The molecule has 0 aliphatic heterocycles. The van der Waals surface area contributed by atoms with Crippen LogP contribution in [0.15, 0.2) is 24.4 Å². The number of hydrogen-bond donors (Lipinski definition) is 2. The predicted molar refractivity (Wildman–Crippen MR) is 84.8 cm³/mol. The number of nitrogens with two attached hydrogens (primary N) is 1. The fraction of sp³-hybridized carbons (Fsp3) is 0.333. The first-order chi connectivity index (χ1) is 10.0. The monoisotopic (exact) mass is 305 g/mol. The van der Waals surface area contributed by atoms with E-state index < -0.39 is 0 Å². The van der Waals surface area contributed by atoms with Crippen LogP contribution in [0.5, 0.6) is 5.75 Å². The van der Waals surface area contributed by atoms with Crippen molar-refractivity contribution < 1.29 is 9.53 Å². The maximum absolute atomic E-state index is 12.2. The molecule has 0 spiro atoms. The van der Waals surface area contributed by atoms with Crippen molar-refractivity contribution >= 4 is 22.9 Å². The van der Waals surface area contributed by atoms with Crippen LogP contribution in [0.25, 0.3) is 0 Å². The molecule has 1 unspecified atom stereocenters. The summed E-state index contributed by atoms with van der Waals surface area (Å²) in [6.07, 6.45) is 1.80. The Kier molecular flexibility index (Phi) is 4.80. The first kappa shape index (κ1) is 15.3. The minimum Gasteiger partial charge on any atom is -0.492 e. The van der Waals surface area contributed by atoms with Crippen molar-refractivity contribution in [1.82, 2.24) is 10.3 Å². The second-order valence-electron chi connectivity index (χ2n) is 4.69. The third-order valence-electron chi connectivity index (χ3n) is 2.93. The topological polar surface area (TPSA) is 77.2 Å². The molecule has 0 saturated carbocycles. The maximum Gasteiger partial charge on any atom is 0.251 e. The summed E-state index contributed by atoms with van der Waals surface area (Å²) in [7, 11) is 0. The molecule has 0 aliphatic carbocycles. The van der Waals surface area contributed by atoms with Crippen molar-refractivity contribution in [3.8, 4) is 5.75 Å². The standard InChI is InChI=1S/C15H19N3O2S/c1-4-20-13-6-5-11(7-12(13)16)14(19)18-10(3)15-17-8-9(2)21-15/h5-8,10H,4,16H2,1-3H3,(H,18,19). The molecule has 21 heavy (non-hydrogen) atoms. The summed E-state index contributed by atoms with van der Waals surface area (Å²) >= 11 is 1.57. The van der Waals surface area contributed by atoms with Gasteiger partial charge in [0.15, 0.2) is 0 Å². The number of carbonyl (C=O) groups is 1. The Hall–Kier alpha value is -2.08. The summed E-state index contributed by atoms with van der Waals surface area (Å²) in [6.45, 7) is 6.32. The Morgan fingerprint density at radius 1 is 1.52 bits per heavy atom. The zero-order valence-electron chi connectivity index (χ0n) is 12.3. The number of benzene rings is 1. The van der Waals surface area contributed by atoms with Gasteiger partial charge in [0.2, 0.25) is 0 Å². The van der Waals surface area contributed by atoms with Gasteiger partial charge in [-0.3, -0.25) is 4.79 Å². The van der Waals surface area contributed by atoms with Crippen LogP contribution >= 0.6 is 11.3 Å². The number of hydrogen-bond acceptors (Lipinski definition) is 5. The zero-order chi connectivity index (χ0) is 15.4. The van der Waals surface area contributed by atoms with Gasteiger partial charge in [0.25, 0.3) is 5.91 Å². The molecular formula is C15H19N3O2S. The largest absolute Gasteiger partial charge is 0.492 e. The van der Waals surface area contributed by atoms with Crippen LogP contribution < -0.4 is 15.8 Å². The van der Waals surface area contributed by atoms with E-state index in [0.717, 1.165) is 9.88 Å². The molecule has 0 radical (unpaired) electrons. The number of thiazole rings is 1. The quantitative estimate of drug-likeness (QED) is 0.833. The SMILES string of the molecule is CCOc1ccc(C(=O)NC(C)c2ncc(C)s2)cc1N. The predicted octanol–water partition coefficient (Wildman–Crippen LogP) is 2.92. The highest BCUT2D eigenvalue weighted by molar-refractivity contribution is 7.11. The molecule has 0 saturated heterocycles. The van der Waals surface area contributed by atoms with Crippen LogP contribution in [0.4, 0.5) is 5.69 Å². The van der Waals surface area contributed by atoms with Crippen LogP contribution in [0.1, 0.15) is 40.1 Å². The summed E-state index contributed by atoms with van der Waals surface area (Å²) in [5.41, 5.74) is 6.85. The fourth-order valence-corrected chi connectivity index (χ4v) is 2.67.